The maximum Gasteiger partial charge on any atom is 0.254 e. The van der Waals surface area contributed by atoms with Crippen LogP contribution in [0.5, 0.6) is 5.75 Å². The van der Waals surface area contributed by atoms with Crippen LogP contribution in [-0.2, 0) is 10.2 Å². The number of pyridine rings is 1. The van der Waals surface area contributed by atoms with Crippen molar-refractivity contribution in [1.29, 1.82) is 0 Å². The van der Waals surface area contributed by atoms with Crippen LogP contribution in [0.15, 0.2) is 42.7 Å². The number of nitrogens with zero attached hydrogens (tertiary/aromatic N) is 3. The second-order valence-corrected chi connectivity index (χ2v) is 10.4. The van der Waals surface area contributed by atoms with Crippen molar-refractivity contribution < 1.29 is 19.4 Å². The fourth-order valence-corrected chi connectivity index (χ4v) is 6.36. The number of aromatic amines is 1. The van der Waals surface area contributed by atoms with Gasteiger partial charge in [0, 0.05) is 71.6 Å². The average Bonchev–Trinajstić information content (AvgIpc) is 3.27. The number of rotatable bonds is 4. The molecular weight excluding hydrogens is 456 g/mol. The van der Waals surface area contributed by atoms with Crippen LogP contribution in [0.3, 0.4) is 0 Å². The van der Waals surface area contributed by atoms with Gasteiger partial charge >= 0.3 is 0 Å². The lowest BCUT2D eigenvalue weighted by Gasteiger charge is -2.50. The van der Waals surface area contributed by atoms with Gasteiger partial charge in [0.15, 0.2) is 0 Å². The first-order valence-corrected chi connectivity index (χ1v) is 12.9. The van der Waals surface area contributed by atoms with E-state index in [0.29, 0.717) is 25.2 Å². The highest BCUT2D eigenvalue weighted by Crippen LogP contribution is 2.49. The van der Waals surface area contributed by atoms with Crippen LogP contribution in [0, 0.1) is 5.92 Å². The largest absolute Gasteiger partial charge is 0.497 e. The van der Waals surface area contributed by atoms with Gasteiger partial charge in [-0.25, -0.2) is 0 Å². The maximum absolute atomic E-state index is 13.7. The first kappa shape index (κ1) is 23.0. The molecule has 2 N–H and O–H groups in total. The topological polar surface area (TPSA) is 98.8 Å². The Kier molecular flexibility index (Phi) is 5.71. The number of amides is 2. The number of aliphatic hydroxyl groups is 1. The summed E-state index contributed by atoms with van der Waals surface area (Å²) in [6.07, 6.45) is 7.93. The Bertz CT molecular complexity index is 1290. The number of fused-ring (bicyclic) bond motifs is 4. The van der Waals surface area contributed by atoms with E-state index in [-0.39, 0.29) is 29.8 Å². The molecule has 1 aromatic carbocycles. The van der Waals surface area contributed by atoms with Gasteiger partial charge in [0.05, 0.1) is 19.8 Å². The number of methoxy groups -OCH3 is 1. The van der Waals surface area contributed by atoms with Crippen molar-refractivity contribution in [3.8, 4) is 5.75 Å². The normalized spacial score (nSPS) is 21.3. The Hall–Kier alpha value is -3.39. The summed E-state index contributed by atoms with van der Waals surface area (Å²) >= 11 is 0. The molecule has 8 nitrogen and oxygen atoms in total. The summed E-state index contributed by atoms with van der Waals surface area (Å²) in [4.78, 5) is 38.1. The van der Waals surface area contributed by atoms with Crippen molar-refractivity contribution in [3.63, 3.8) is 0 Å². The van der Waals surface area contributed by atoms with Crippen molar-refractivity contribution in [2.24, 2.45) is 5.92 Å². The molecule has 3 aliphatic rings. The average molecular weight is 489 g/mol. The van der Waals surface area contributed by atoms with Gasteiger partial charge in [-0.05, 0) is 55.5 Å². The zero-order valence-electron chi connectivity index (χ0n) is 20.6. The molecular formula is C28H32N4O4. The van der Waals surface area contributed by atoms with Gasteiger partial charge in [-0.3, -0.25) is 14.6 Å². The fraction of sp³-hybridized carbons (Fsp3) is 0.464. The van der Waals surface area contributed by atoms with Gasteiger partial charge in [-0.2, -0.15) is 0 Å². The molecule has 2 aliphatic heterocycles. The number of carbonyl (C=O) groups excluding carboxylic acids is 2. The number of benzene rings is 1. The predicted molar refractivity (Wildman–Crippen MR) is 135 cm³/mol. The standard InChI is InChI=1S/C28H32N4O4/c1-36-20-5-6-21-22(15-20)30-25-23(16-33)32(27(35)19-7-11-29-12-8-19)17-28(24(21)25)9-13-31(14-10-28)26(34)18-3-2-4-18/h5-8,11-12,15,18,23,30,33H,2-4,9-10,13-14,16-17H2,1H3/t23-/m1/s1. The highest BCUT2D eigenvalue weighted by molar-refractivity contribution is 5.95. The predicted octanol–water partition coefficient (Wildman–Crippen LogP) is 3.42. The number of nitrogens with one attached hydrogen (secondary N) is 1. The van der Waals surface area contributed by atoms with E-state index in [1.165, 1.54) is 5.56 Å². The van der Waals surface area contributed by atoms with Crippen LogP contribution in [0.25, 0.3) is 10.9 Å². The lowest BCUT2D eigenvalue weighted by atomic mass is 9.68. The van der Waals surface area contributed by atoms with E-state index in [1.807, 2.05) is 21.9 Å². The SMILES string of the molecule is COc1ccc2c3c([nH]c2c1)[C@@H](CO)N(C(=O)c1ccncc1)CC31CCN(C(=O)C2CCC2)CC1. The van der Waals surface area contributed by atoms with Crippen LogP contribution in [-0.4, -0.2) is 70.0 Å². The molecule has 1 spiro atoms. The molecule has 0 radical (unpaired) electrons. The molecule has 2 aromatic heterocycles. The third-order valence-corrected chi connectivity index (χ3v) is 8.60. The Labute approximate surface area is 210 Å². The molecule has 3 aromatic rings. The summed E-state index contributed by atoms with van der Waals surface area (Å²) < 4.78 is 5.46. The summed E-state index contributed by atoms with van der Waals surface area (Å²) in [7, 11) is 1.64. The number of hydrogen-bond donors (Lipinski definition) is 2. The Morgan fingerprint density at radius 3 is 2.56 bits per heavy atom. The van der Waals surface area contributed by atoms with E-state index < -0.39 is 6.04 Å². The summed E-state index contributed by atoms with van der Waals surface area (Å²) in [5, 5.41) is 11.6. The van der Waals surface area contributed by atoms with Crippen molar-refractivity contribution in [2.75, 3.05) is 33.4 Å². The molecule has 1 atom stereocenters. The molecule has 0 unspecified atom stereocenters. The molecule has 36 heavy (non-hydrogen) atoms. The van der Waals surface area contributed by atoms with Gasteiger partial charge in [-0.1, -0.05) is 6.42 Å². The lowest BCUT2D eigenvalue weighted by Crippen LogP contribution is -2.56. The molecule has 1 saturated carbocycles. The minimum Gasteiger partial charge on any atom is -0.497 e. The highest BCUT2D eigenvalue weighted by Gasteiger charge is 2.49. The van der Waals surface area contributed by atoms with Gasteiger partial charge in [0.25, 0.3) is 5.91 Å². The Balaban J connectivity index is 1.43. The fourth-order valence-electron chi connectivity index (χ4n) is 6.36. The molecule has 188 valence electrons. The van der Waals surface area contributed by atoms with Gasteiger partial charge in [0.2, 0.25) is 5.91 Å². The second-order valence-electron chi connectivity index (χ2n) is 10.4. The second kappa shape index (κ2) is 8.92. The van der Waals surface area contributed by atoms with Crippen molar-refractivity contribution in [1.82, 2.24) is 19.8 Å². The van der Waals surface area contributed by atoms with Gasteiger partial charge in [-0.15, -0.1) is 0 Å². The van der Waals surface area contributed by atoms with E-state index >= 15 is 0 Å². The lowest BCUT2D eigenvalue weighted by molar-refractivity contribution is -0.140. The third-order valence-electron chi connectivity index (χ3n) is 8.60. The summed E-state index contributed by atoms with van der Waals surface area (Å²) in [5.74, 6) is 1.10. The van der Waals surface area contributed by atoms with Gasteiger partial charge < -0.3 is 24.6 Å². The minimum absolute atomic E-state index is 0.120. The zero-order valence-corrected chi connectivity index (χ0v) is 20.6. The van der Waals surface area contributed by atoms with Crippen LogP contribution < -0.4 is 4.74 Å². The minimum atomic E-state index is -0.487. The number of aromatic nitrogens is 2. The number of ether oxygens (including phenoxy) is 1. The highest BCUT2D eigenvalue weighted by atomic mass is 16.5. The number of carbonyl (C=O) groups is 2. The first-order valence-electron chi connectivity index (χ1n) is 12.9. The van der Waals surface area contributed by atoms with E-state index in [0.717, 1.165) is 54.5 Å². The monoisotopic (exact) mass is 488 g/mol. The van der Waals surface area contributed by atoms with Crippen LogP contribution >= 0.6 is 0 Å². The third kappa shape index (κ3) is 3.58. The zero-order chi connectivity index (χ0) is 24.9. The number of piperidine rings is 1. The van der Waals surface area contributed by atoms with E-state index in [9.17, 15) is 14.7 Å². The van der Waals surface area contributed by atoms with Crippen LogP contribution in [0.2, 0.25) is 0 Å². The number of H-pyrrole nitrogens is 1. The molecule has 4 heterocycles. The summed E-state index contributed by atoms with van der Waals surface area (Å²) in [6.45, 7) is 1.67. The van der Waals surface area contributed by atoms with E-state index in [2.05, 4.69) is 16.0 Å². The van der Waals surface area contributed by atoms with Crippen molar-refractivity contribution in [2.45, 2.75) is 43.6 Å². The smallest absolute Gasteiger partial charge is 0.254 e. The Morgan fingerprint density at radius 1 is 1.17 bits per heavy atom. The molecule has 1 saturated heterocycles. The molecule has 6 rings (SSSR count). The quantitative estimate of drug-likeness (QED) is 0.586. The molecule has 1 aliphatic carbocycles. The van der Waals surface area contributed by atoms with Crippen molar-refractivity contribution >= 4 is 22.7 Å². The summed E-state index contributed by atoms with van der Waals surface area (Å²) in [6, 6.07) is 8.96. The van der Waals surface area contributed by atoms with E-state index in [1.54, 1.807) is 31.6 Å². The number of aliphatic hydroxyl groups excluding tert-OH is 1. The maximum atomic E-state index is 13.7. The molecule has 8 heteroatoms. The Morgan fingerprint density at radius 2 is 1.92 bits per heavy atom. The number of likely N-dealkylation sites (tertiary alicyclic amines) is 1. The van der Waals surface area contributed by atoms with Gasteiger partial charge in [0.1, 0.15) is 5.75 Å². The first-order chi connectivity index (χ1) is 17.5. The van der Waals surface area contributed by atoms with Crippen molar-refractivity contribution in [3.05, 3.63) is 59.5 Å². The molecule has 0 bridgehead atoms. The number of hydrogen-bond acceptors (Lipinski definition) is 5. The van der Waals surface area contributed by atoms with Crippen LogP contribution in [0.4, 0.5) is 0 Å². The summed E-state index contributed by atoms with van der Waals surface area (Å²) in [5.41, 5.74) is 3.23. The molecule has 2 fully saturated rings. The van der Waals surface area contributed by atoms with E-state index in [4.69, 9.17) is 4.74 Å². The molecule has 2 amide bonds. The van der Waals surface area contributed by atoms with Crippen LogP contribution in [0.1, 0.15) is 59.8 Å².